The number of aliphatic carboxylic acids is 1. The van der Waals surface area contributed by atoms with Crippen LogP contribution in [-0.2, 0) is 104 Å². The van der Waals surface area contributed by atoms with E-state index in [2.05, 4.69) is 74.4 Å². The van der Waals surface area contributed by atoms with Crippen molar-refractivity contribution in [2.75, 3.05) is 30.3 Å². The van der Waals surface area contributed by atoms with E-state index < -0.39 is 377 Å². The minimum Gasteiger partial charge on any atom is -0.508 e. The van der Waals surface area contributed by atoms with Crippen molar-refractivity contribution < 1.29 is 154 Å². The molecule has 4 aliphatic rings. The first kappa shape index (κ1) is 119. The summed E-state index contributed by atoms with van der Waals surface area (Å²) < 4.78 is 188. The number of hydrogen-bond donors (Lipinski definition) is 22. The smallest absolute Gasteiger partial charge is 0.303 e. The molecule has 24 N–H and O–H groups in total. The Morgan fingerprint density at radius 2 is 0.979 bits per heavy atom. The molecule has 1 aliphatic carbocycles. The first-order valence-corrected chi connectivity index (χ1v) is 48.2. The lowest BCUT2D eigenvalue weighted by atomic mass is 9.80. The van der Waals surface area contributed by atoms with Gasteiger partial charge in [-0.05, 0) is 146 Å². The minimum atomic E-state index is -6.86. The van der Waals surface area contributed by atoms with Gasteiger partial charge in [0, 0.05) is 45.7 Å². The molecule has 0 radical (unpaired) electrons. The number of fused-ring (bicyclic) bond motifs is 2. The highest BCUT2D eigenvalue weighted by Crippen LogP contribution is 2.40. The fraction of sp³-hybridized carbons (Fsp3) is 0.554. The zero-order valence-corrected chi connectivity index (χ0v) is 80.9. The van der Waals surface area contributed by atoms with Crippen molar-refractivity contribution in [1.29, 1.82) is 0 Å². The van der Waals surface area contributed by atoms with E-state index in [-0.39, 0.29) is 54.4 Å². The zero-order chi connectivity index (χ0) is 108. The molecule has 796 valence electrons. The van der Waals surface area contributed by atoms with Crippen molar-refractivity contribution in [2.45, 2.75) is 304 Å². The molecular formula is C92H124F10N18O23S. The number of unbranched alkanes of at least 4 members (excludes halogenated alkanes) is 4. The number of carbonyl (C=O) groups excluding carboxylic acids is 16. The third-order valence-electron chi connectivity index (χ3n) is 23.6. The van der Waals surface area contributed by atoms with Crippen LogP contribution in [0.3, 0.4) is 0 Å². The number of primary amides is 2. The standard InChI is InChI=1S/C92H124F10N18O23S/c1-9-10-11-12-13-21-54-82(131)108-45(6)81(130)111-57(30-32-64(103)125)85(134)116-60(38-48-19-18-20-48)87(136)114-56(84(133)119-63(41-121)91(140)109-44(5)80(129)107-43(4)79(104)128)23-15-17-35-106-76-68(97)72(101)78(73(102)69(76)98)144(142,143)77-70(99)66(95)75(67(96)71(77)100)105-34-16-14-22-55(83(132)115-58(31-33-65(126)127)86(135)117-61(88(137)112-54)39-49-24-27-51(124)28-25-49)113-89(138)62(40-50-26-29-52(93)53(94)37-50)118-92(141)74(46(7)122)120-90(139)59(36-42(2)3)110-47(8)123/h24-29,37,42-46,48,54-63,74,105-106,121-122,124H,9-23,30-36,38-41H2,1-8H3,(H2,103,125)(H2,104,128)(H,107,129)(H,108,131)(H,109,140)(H,110,123)(H,111,130)(H,112,137)(H,113,138)(H,114,136)(H,115,132)(H,116,134)(H,117,135)(H,118,141)(H,119,133)(H,120,139)(H,126,127)/t43-,44-,45-,46+,54-,55-,56+,57-,58-,59-,60-,61-,62-,63-,74-/m0/s1. The molecule has 1 fully saturated rings. The number of amides is 16. The van der Waals surface area contributed by atoms with Gasteiger partial charge in [0.15, 0.2) is 58.2 Å². The predicted octanol–water partition coefficient (Wildman–Crippen LogP) is 1.73. The summed E-state index contributed by atoms with van der Waals surface area (Å²) in [6.45, 7) is 7.75. The summed E-state index contributed by atoms with van der Waals surface area (Å²) in [7, 11) is -6.86. The van der Waals surface area contributed by atoms with E-state index in [1.807, 2.05) is 17.6 Å². The molecule has 8 rings (SSSR count). The van der Waals surface area contributed by atoms with Crippen molar-refractivity contribution in [3.05, 3.63) is 112 Å². The molecule has 0 spiro atoms. The molecule has 0 saturated heterocycles. The maximum Gasteiger partial charge on any atom is 0.303 e. The molecule has 0 unspecified atom stereocenters. The molecule has 3 heterocycles. The molecule has 144 heavy (non-hydrogen) atoms. The van der Waals surface area contributed by atoms with Gasteiger partial charge < -0.3 is 117 Å². The van der Waals surface area contributed by atoms with E-state index in [1.54, 1.807) is 13.8 Å². The lowest BCUT2D eigenvalue weighted by Crippen LogP contribution is -2.62. The molecule has 15 atom stereocenters. The second-order valence-corrected chi connectivity index (χ2v) is 37.5. The quantitative estimate of drug-likeness (QED) is 0.0175. The second-order valence-electron chi connectivity index (χ2n) is 35.7. The van der Waals surface area contributed by atoms with Gasteiger partial charge >= 0.3 is 5.97 Å². The Labute approximate surface area is 821 Å². The number of nitrogens with two attached hydrogens (primary N) is 2. The van der Waals surface area contributed by atoms with Crippen molar-refractivity contribution in [1.82, 2.24) is 74.4 Å². The first-order chi connectivity index (χ1) is 67.7. The van der Waals surface area contributed by atoms with Crippen LogP contribution < -0.4 is 96.5 Å². The topological polar surface area (TPSA) is 650 Å². The van der Waals surface area contributed by atoms with Crippen LogP contribution >= 0.6 is 0 Å². The minimum absolute atomic E-state index is 0.0373. The molecule has 4 aromatic rings. The molecule has 0 aromatic heterocycles. The Hall–Kier alpha value is -13.6. The maximum atomic E-state index is 16.4. The Balaban J connectivity index is 1.51. The third kappa shape index (κ3) is 35.5. The van der Waals surface area contributed by atoms with Crippen molar-refractivity contribution in [3.8, 4) is 5.75 Å². The lowest BCUT2D eigenvalue weighted by Gasteiger charge is -2.32. The van der Waals surface area contributed by atoms with E-state index in [0.29, 0.717) is 50.7 Å². The number of aromatic hydroxyl groups is 1. The van der Waals surface area contributed by atoms with Crippen LogP contribution in [0.4, 0.5) is 55.3 Å². The molecule has 1 saturated carbocycles. The third-order valence-corrected chi connectivity index (χ3v) is 25.4. The number of carboxylic acid groups (broad SMARTS) is 1. The fourth-order valence-corrected chi connectivity index (χ4v) is 16.8. The summed E-state index contributed by atoms with van der Waals surface area (Å²) in [5.74, 6) is -47.1. The summed E-state index contributed by atoms with van der Waals surface area (Å²) in [6.07, 6.45) is -6.55. The van der Waals surface area contributed by atoms with Crippen LogP contribution in [-0.4, -0.2) is 240 Å². The number of aliphatic hydroxyl groups is 2. The lowest BCUT2D eigenvalue weighted by molar-refractivity contribution is -0.139. The highest BCUT2D eigenvalue weighted by molar-refractivity contribution is 7.91. The summed E-state index contributed by atoms with van der Waals surface area (Å²) in [5.41, 5.74) is 6.93. The number of nitrogens with one attached hydrogen (secondary N) is 16. The molecular weight excluding hydrogens is 1950 g/mol. The zero-order valence-electron chi connectivity index (χ0n) is 80.1. The molecule has 3 aliphatic heterocycles. The van der Waals surface area contributed by atoms with E-state index in [0.717, 1.165) is 52.3 Å². The summed E-state index contributed by atoms with van der Waals surface area (Å²) >= 11 is 0. The van der Waals surface area contributed by atoms with E-state index >= 15 is 58.7 Å². The number of rotatable bonds is 36. The number of sulfone groups is 1. The van der Waals surface area contributed by atoms with Crippen molar-refractivity contribution >= 4 is 122 Å². The normalized spacial score (nSPS) is 20.6. The van der Waals surface area contributed by atoms with Crippen LogP contribution in [0.25, 0.3) is 0 Å². The summed E-state index contributed by atoms with van der Waals surface area (Å²) in [4.78, 5) is 232. The van der Waals surface area contributed by atoms with E-state index in [9.17, 15) is 95.6 Å². The number of phenolic OH excluding ortho intramolecular Hbond substituents is 1. The van der Waals surface area contributed by atoms with Gasteiger partial charge in [-0.2, -0.15) is 0 Å². The van der Waals surface area contributed by atoms with Gasteiger partial charge in [0.25, 0.3) is 0 Å². The summed E-state index contributed by atoms with van der Waals surface area (Å²) in [6, 6.07) is -18.4. The SMILES string of the molecule is CCCCCCC[C@@H]1NC(=O)[C@H](Cc2ccc(O)cc2)NC(=O)[C@H](CCC(=O)O)NC(=O)[C@@H](NC(=O)[C@H](Cc2ccc(F)c(F)c2)NC(=O)[C@@H](NC(=O)[C@H](CC(C)C)NC(C)=O)[C@@H](C)O)CCCCNc2c(F)c(F)c(c(F)c2F)S(=O)(=O)c2c(F)c(F)c(c(F)c2F)NCCCC[C@H](C(=O)N[C@@H](CO)C(=O)N[C@@H](C)C(=O)N[C@@H](C)C(N)=O)NC(=O)[C@H](CC2CCC2)NC(=O)[C@H](CCC(N)=O)NC(=O)[C@H](C)NC1=O. The second kappa shape index (κ2) is 56.5. The van der Waals surface area contributed by atoms with E-state index in [1.165, 1.54) is 19.1 Å². The largest absolute Gasteiger partial charge is 0.508 e. The van der Waals surface area contributed by atoms with Gasteiger partial charge in [-0.3, -0.25) is 81.5 Å². The van der Waals surface area contributed by atoms with Gasteiger partial charge in [-0.25, -0.2) is 52.3 Å². The van der Waals surface area contributed by atoms with Crippen LogP contribution in [0, 0.1) is 70.0 Å². The number of hydrogen-bond acceptors (Lipinski definition) is 24. The Morgan fingerprint density at radius 3 is 1.49 bits per heavy atom. The number of carbonyl (C=O) groups is 17. The number of aliphatic hydroxyl groups excluding tert-OH is 2. The molecule has 41 nitrogen and oxygen atoms in total. The number of halogens is 10. The van der Waals surface area contributed by atoms with E-state index in [4.69, 9.17) is 11.5 Å². The van der Waals surface area contributed by atoms with Crippen LogP contribution in [0.5, 0.6) is 5.75 Å². The highest BCUT2D eigenvalue weighted by Gasteiger charge is 2.44. The number of anilines is 2. The van der Waals surface area contributed by atoms with Crippen molar-refractivity contribution in [2.24, 2.45) is 23.3 Å². The average molecular weight is 2070 g/mol. The van der Waals surface area contributed by atoms with Gasteiger partial charge in [0.2, 0.25) is 104 Å². The predicted molar refractivity (Wildman–Crippen MR) is 492 cm³/mol. The number of phenols is 1. The first-order valence-electron chi connectivity index (χ1n) is 46.7. The fourth-order valence-electron chi connectivity index (χ4n) is 15.2. The molecule has 16 amide bonds. The molecule has 4 bridgehead atoms. The van der Waals surface area contributed by atoms with Crippen LogP contribution in [0.1, 0.15) is 201 Å². The van der Waals surface area contributed by atoms with Gasteiger partial charge in [-0.15, -0.1) is 0 Å². The van der Waals surface area contributed by atoms with Gasteiger partial charge in [-0.1, -0.05) is 90.3 Å². The van der Waals surface area contributed by atoms with Crippen LogP contribution in [0.15, 0.2) is 52.3 Å². The maximum absolute atomic E-state index is 16.4. The Bertz CT molecular complexity index is 5370. The monoisotopic (exact) mass is 2070 g/mol. The van der Waals surface area contributed by atoms with Crippen molar-refractivity contribution in [3.63, 3.8) is 0 Å². The average Bonchev–Trinajstić information content (AvgIpc) is 0.730. The summed E-state index contributed by atoms with van der Waals surface area (Å²) in [5, 5.41) is 78.5. The van der Waals surface area contributed by atoms with Crippen LogP contribution in [0.2, 0.25) is 0 Å². The number of carboxylic acids is 1. The molecule has 4 aromatic carbocycles. The Morgan fingerprint density at radius 1 is 0.486 bits per heavy atom. The Kier molecular flexibility index (Phi) is 46.7. The van der Waals surface area contributed by atoms with Gasteiger partial charge in [0.05, 0.1) is 12.7 Å². The molecule has 52 heteroatoms. The van der Waals surface area contributed by atoms with Gasteiger partial charge in [0.1, 0.15) is 112 Å². The highest BCUT2D eigenvalue weighted by atomic mass is 32.2. The number of benzene rings is 4.